The number of anilines is 1. The molecule has 2 aromatic rings. The first kappa shape index (κ1) is 16.9. The number of rotatable bonds is 7. The lowest BCUT2D eigenvalue weighted by Gasteiger charge is -2.08. The van der Waals surface area contributed by atoms with Gasteiger partial charge in [-0.2, -0.15) is 0 Å². The van der Waals surface area contributed by atoms with Crippen LogP contribution in [0.2, 0.25) is 0 Å². The van der Waals surface area contributed by atoms with Gasteiger partial charge >= 0.3 is 11.8 Å². The zero-order chi connectivity index (χ0) is 17.4. The van der Waals surface area contributed by atoms with Crippen LogP contribution in [0, 0.1) is 0 Å². The van der Waals surface area contributed by atoms with E-state index < -0.39 is 5.97 Å². The van der Waals surface area contributed by atoms with Crippen molar-refractivity contribution in [2.24, 2.45) is 16.2 Å². The van der Waals surface area contributed by atoms with Crippen molar-refractivity contribution in [3.05, 3.63) is 59.7 Å². The van der Waals surface area contributed by atoms with Gasteiger partial charge in [-0.05, 0) is 42.0 Å². The Morgan fingerprint density at radius 2 is 1.83 bits per heavy atom. The summed E-state index contributed by atoms with van der Waals surface area (Å²) in [6, 6.07) is 14.6. The molecule has 0 aliphatic carbocycles. The number of amidine groups is 1. The Kier molecular flexibility index (Phi) is 5.84. The molecule has 8 nitrogen and oxygen atoms in total. The van der Waals surface area contributed by atoms with Crippen LogP contribution in [0.1, 0.15) is 11.1 Å². The average Bonchev–Trinajstić information content (AvgIpc) is 2.59. The van der Waals surface area contributed by atoms with Gasteiger partial charge in [0, 0.05) is 17.5 Å². The van der Waals surface area contributed by atoms with Crippen molar-refractivity contribution in [2.45, 2.75) is 6.54 Å². The molecule has 2 aromatic carbocycles. The highest BCUT2D eigenvalue weighted by Crippen LogP contribution is 2.15. The average molecular weight is 328 g/mol. The van der Waals surface area contributed by atoms with Crippen LogP contribution < -0.4 is 21.3 Å². The van der Waals surface area contributed by atoms with Gasteiger partial charge in [0.25, 0.3) is 0 Å². The van der Waals surface area contributed by atoms with E-state index in [4.69, 9.17) is 21.1 Å². The molecule has 0 saturated carbocycles. The molecular weight excluding hydrogens is 310 g/mol. The zero-order valence-electron chi connectivity index (χ0n) is 12.8. The minimum Gasteiger partial charge on any atom is -0.482 e. The van der Waals surface area contributed by atoms with Crippen LogP contribution in [-0.4, -0.2) is 23.5 Å². The molecule has 0 saturated heterocycles. The highest BCUT2D eigenvalue weighted by atomic mass is 16.5. The van der Waals surface area contributed by atoms with Crippen molar-refractivity contribution in [2.75, 3.05) is 11.9 Å². The molecule has 124 valence electrons. The van der Waals surface area contributed by atoms with Gasteiger partial charge in [0.15, 0.2) is 6.61 Å². The molecule has 0 heterocycles. The summed E-state index contributed by atoms with van der Waals surface area (Å²) in [5, 5.41) is 24.2. The first-order valence-corrected chi connectivity index (χ1v) is 7.09. The predicted molar refractivity (Wildman–Crippen MR) is 88.4 cm³/mol. The fraction of sp³-hybridized carbons (Fsp3) is 0.125. The van der Waals surface area contributed by atoms with Crippen LogP contribution in [0.25, 0.3) is 0 Å². The van der Waals surface area contributed by atoms with Gasteiger partial charge in [-0.3, -0.25) is 11.3 Å². The summed E-state index contributed by atoms with van der Waals surface area (Å²) < 4.78 is 5.08. The third-order valence-corrected chi connectivity index (χ3v) is 3.13. The predicted octanol–water partition coefficient (Wildman–Crippen LogP) is 0.594. The van der Waals surface area contributed by atoms with Crippen LogP contribution in [-0.2, 0) is 11.3 Å². The van der Waals surface area contributed by atoms with Crippen molar-refractivity contribution in [3.8, 4) is 5.75 Å². The molecule has 2 rings (SSSR count). The maximum atomic E-state index is 10.4. The standard InChI is InChI=1S/C16H17N5O3/c17-16(20-21-18)12-3-5-13(6-4-12)19-9-11-1-7-14(8-2-11)24-10-15(22)23/h1-8,19H,9-10H2,(H,22,23)(H3,17,18,20)/p+1. The first-order chi connectivity index (χ1) is 11.6. The smallest absolute Gasteiger partial charge is 0.350 e. The lowest BCUT2D eigenvalue weighted by molar-refractivity contribution is -0.139. The summed E-state index contributed by atoms with van der Waals surface area (Å²) in [7, 11) is 0. The van der Waals surface area contributed by atoms with E-state index in [2.05, 4.69) is 15.7 Å². The SMILES string of the molecule is NN=NC(=[NH2+])c1ccc(NCc2ccc(OCC(=O)O)cc2)cc1. The van der Waals surface area contributed by atoms with Gasteiger partial charge in [-0.1, -0.05) is 12.1 Å². The zero-order valence-corrected chi connectivity index (χ0v) is 12.8. The maximum absolute atomic E-state index is 10.4. The minimum atomic E-state index is -1.00. The van der Waals surface area contributed by atoms with Gasteiger partial charge in [0.1, 0.15) is 5.75 Å². The molecule has 0 atom stereocenters. The number of carbonyl (C=O) groups is 1. The van der Waals surface area contributed by atoms with E-state index in [1.165, 1.54) is 0 Å². The van der Waals surface area contributed by atoms with Crippen molar-refractivity contribution >= 4 is 17.5 Å². The van der Waals surface area contributed by atoms with E-state index in [-0.39, 0.29) is 12.4 Å². The van der Waals surface area contributed by atoms with Gasteiger partial charge in [0.05, 0.1) is 10.7 Å². The normalized spacial score (nSPS) is 10.5. The third kappa shape index (κ3) is 5.09. The Labute approximate surface area is 138 Å². The number of ether oxygens (including phenoxy) is 1. The molecule has 0 aliphatic rings. The second kappa shape index (κ2) is 8.28. The number of carboxylic acid groups (broad SMARTS) is 1. The number of nitrogens with one attached hydrogen (secondary N) is 1. The number of nitrogens with two attached hydrogens (primary N) is 2. The maximum Gasteiger partial charge on any atom is 0.350 e. The molecule has 0 aromatic heterocycles. The van der Waals surface area contributed by atoms with Crippen molar-refractivity contribution < 1.29 is 20.0 Å². The second-order valence-corrected chi connectivity index (χ2v) is 4.86. The van der Waals surface area contributed by atoms with Crippen LogP contribution >= 0.6 is 0 Å². The van der Waals surface area contributed by atoms with E-state index in [0.717, 1.165) is 16.8 Å². The summed E-state index contributed by atoms with van der Waals surface area (Å²) in [6.07, 6.45) is 0. The summed E-state index contributed by atoms with van der Waals surface area (Å²) in [4.78, 5) is 10.4. The first-order valence-electron chi connectivity index (χ1n) is 7.09. The van der Waals surface area contributed by atoms with Gasteiger partial charge in [-0.25, -0.2) is 4.79 Å². The fourth-order valence-corrected chi connectivity index (χ4v) is 1.93. The summed E-state index contributed by atoms with van der Waals surface area (Å²) >= 11 is 0. The molecular formula is C16H18N5O3+. The summed E-state index contributed by atoms with van der Waals surface area (Å²) in [5.74, 6) is 4.73. The van der Waals surface area contributed by atoms with Crippen LogP contribution in [0.15, 0.2) is 58.9 Å². The summed E-state index contributed by atoms with van der Waals surface area (Å²) in [6.45, 7) is 0.258. The quantitative estimate of drug-likeness (QED) is 0.194. The fourth-order valence-electron chi connectivity index (χ4n) is 1.93. The highest BCUT2D eigenvalue weighted by Gasteiger charge is 2.07. The monoisotopic (exact) mass is 328 g/mol. The number of carboxylic acids is 1. The number of nitrogens with zero attached hydrogens (tertiary/aromatic N) is 2. The molecule has 0 bridgehead atoms. The van der Waals surface area contributed by atoms with E-state index in [9.17, 15) is 4.79 Å². The molecule has 0 fully saturated rings. The molecule has 0 unspecified atom stereocenters. The largest absolute Gasteiger partial charge is 0.482 e. The van der Waals surface area contributed by atoms with Gasteiger partial charge < -0.3 is 15.2 Å². The van der Waals surface area contributed by atoms with Crippen molar-refractivity contribution in [1.29, 1.82) is 0 Å². The van der Waals surface area contributed by atoms with Crippen LogP contribution in [0.3, 0.4) is 0 Å². The molecule has 0 spiro atoms. The Bertz CT molecular complexity index is 726. The third-order valence-electron chi connectivity index (χ3n) is 3.13. The highest BCUT2D eigenvalue weighted by molar-refractivity contribution is 5.94. The Hall–Kier alpha value is -3.42. The lowest BCUT2D eigenvalue weighted by atomic mass is 10.1. The minimum absolute atomic E-state index is 0.251. The number of benzene rings is 2. The summed E-state index contributed by atoms with van der Waals surface area (Å²) in [5.41, 5.74) is 2.68. The molecule has 0 aliphatic heterocycles. The van der Waals surface area contributed by atoms with Crippen LogP contribution in [0.5, 0.6) is 5.75 Å². The number of hydrogen-bond acceptors (Lipinski definition) is 4. The number of aliphatic carboxylic acids is 1. The number of hydrogen-bond donors (Lipinski definition) is 4. The van der Waals surface area contributed by atoms with Gasteiger partial charge in [-0.15, -0.1) is 0 Å². The molecule has 0 radical (unpaired) electrons. The topological polar surface area (TPSA) is 135 Å². The molecule has 24 heavy (non-hydrogen) atoms. The Balaban J connectivity index is 1.88. The van der Waals surface area contributed by atoms with Crippen molar-refractivity contribution in [1.82, 2.24) is 0 Å². The van der Waals surface area contributed by atoms with Crippen molar-refractivity contribution in [3.63, 3.8) is 0 Å². The van der Waals surface area contributed by atoms with Crippen LogP contribution in [0.4, 0.5) is 5.69 Å². The second-order valence-electron chi connectivity index (χ2n) is 4.86. The Morgan fingerprint density at radius 1 is 1.17 bits per heavy atom. The molecule has 8 heteroatoms. The van der Waals surface area contributed by atoms with E-state index in [1.807, 2.05) is 36.4 Å². The van der Waals surface area contributed by atoms with Gasteiger partial charge in [0.2, 0.25) is 0 Å². The lowest BCUT2D eigenvalue weighted by Crippen LogP contribution is -2.38. The molecule has 0 amide bonds. The van der Waals surface area contributed by atoms with E-state index in [1.54, 1.807) is 12.1 Å². The van der Waals surface area contributed by atoms with E-state index >= 15 is 0 Å². The molecule has 6 N–H and O–H groups in total. The van der Waals surface area contributed by atoms with E-state index in [0.29, 0.717) is 12.3 Å². The Morgan fingerprint density at radius 3 is 2.42 bits per heavy atom.